The van der Waals surface area contributed by atoms with Gasteiger partial charge < -0.3 is 20.1 Å². The van der Waals surface area contributed by atoms with E-state index in [0.717, 1.165) is 11.3 Å². The zero-order valence-electron chi connectivity index (χ0n) is 16.3. The molecule has 1 aromatic carbocycles. The molecule has 4 amide bonds. The molecule has 8 heteroatoms. The summed E-state index contributed by atoms with van der Waals surface area (Å²) in [5.74, 6) is 0.529. The highest BCUT2D eigenvalue weighted by Gasteiger charge is 2.56. The van der Waals surface area contributed by atoms with Gasteiger partial charge in [-0.25, -0.2) is 4.79 Å². The zero-order chi connectivity index (χ0) is 20.1. The fourth-order valence-corrected chi connectivity index (χ4v) is 5.01. The van der Waals surface area contributed by atoms with Gasteiger partial charge in [-0.2, -0.15) is 0 Å². The molecule has 2 fully saturated rings. The lowest BCUT2D eigenvalue weighted by Crippen LogP contribution is -2.54. The average molecular weight is 387 g/mol. The van der Waals surface area contributed by atoms with E-state index in [1.54, 1.807) is 18.2 Å². The van der Waals surface area contributed by atoms with Crippen molar-refractivity contribution in [3.63, 3.8) is 0 Å². The fourth-order valence-electron chi connectivity index (χ4n) is 5.01. The van der Waals surface area contributed by atoms with E-state index in [1.165, 1.54) is 0 Å². The summed E-state index contributed by atoms with van der Waals surface area (Å²) in [5.41, 5.74) is -0.515. The fraction of sp³-hybridized carbons (Fsp3) is 0.550. The number of carbonyl (C=O) groups is 3. The van der Waals surface area contributed by atoms with Crippen LogP contribution >= 0.6 is 0 Å². The number of hydrogen-bond acceptors (Lipinski definition) is 5. The van der Waals surface area contributed by atoms with Crippen molar-refractivity contribution in [1.82, 2.24) is 10.2 Å². The lowest BCUT2D eigenvalue weighted by atomic mass is 9.64. The predicted molar refractivity (Wildman–Crippen MR) is 101 cm³/mol. The van der Waals surface area contributed by atoms with Gasteiger partial charge in [-0.3, -0.25) is 14.5 Å². The molecular weight excluding hydrogens is 362 g/mol. The van der Waals surface area contributed by atoms with Crippen LogP contribution in [0, 0.1) is 11.3 Å². The number of amides is 4. The van der Waals surface area contributed by atoms with Gasteiger partial charge in [0.2, 0.25) is 12.7 Å². The van der Waals surface area contributed by atoms with Crippen LogP contribution in [0.1, 0.15) is 40.0 Å². The molecule has 1 saturated carbocycles. The topological polar surface area (TPSA) is 97.0 Å². The molecule has 0 aromatic heterocycles. The van der Waals surface area contributed by atoms with E-state index in [9.17, 15) is 14.4 Å². The highest BCUT2D eigenvalue weighted by Crippen LogP contribution is 2.46. The number of benzene rings is 1. The van der Waals surface area contributed by atoms with Crippen LogP contribution < -0.4 is 20.1 Å². The lowest BCUT2D eigenvalue weighted by molar-refractivity contribution is -0.136. The summed E-state index contributed by atoms with van der Waals surface area (Å²) in [6, 6.07) is 4.65. The molecule has 2 atom stereocenters. The van der Waals surface area contributed by atoms with E-state index in [0.29, 0.717) is 35.9 Å². The van der Waals surface area contributed by atoms with Crippen molar-refractivity contribution in [3.8, 4) is 11.5 Å². The summed E-state index contributed by atoms with van der Waals surface area (Å²) in [7, 11) is 0. The largest absolute Gasteiger partial charge is 0.454 e. The molecule has 3 aliphatic rings. The van der Waals surface area contributed by atoms with Crippen molar-refractivity contribution in [2.24, 2.45) is 11.3 Å². The lowest BCUT2D eigenvalue weighted by Gasteiger charge is -2.43. The molecule has 2 aliphatic heterocycles. The Morgan fingerprint density at radius 3 is 2.82 bits per heavy atom. The van der Waals surface area contributed by atoms with E-state index in [2.05, 4.69) is 31.4 Å². The van der Waals surface area contributed by atoms with Gasteiger partial charge in [0.05, 0.1) is 5.69 Å². The normalized spacial score (nSPS) is 27.8. The van der Waals surface area contributed by atoms with Crippen LogP contribution in [0.4, 0.5) is 10.5 Å². The van der Waals surface area contributed by atoms with E-state index >= 15 is 0 Å². The maximum absolute atomic E-state index is 13.1. The molecule has 4 rings (SSSR count). The molecule has 0 radical (unpaired) electrons. The van der Waals surface area contributed by atoms with Gasteiger partial charge in [0.15, 0.2) is 11.5 Å². The van der Waals surface area contributed by atoms with Gasteiger partial charge in [-0.1, -0.05) is 26.8 Å². The van der Waals surface area contributed by atoms with E-state index in [1.807, 2.05) is 0 Å². The average Bonchev–Trinajstić information content (AvgIpc) is 3.13. The maximum Gasteiger partial charge on any atom is 0.325 e. The van der Waals surface area contributed by atoms with Gasteiger partial charge in [-0.15, -0.1) is 0 Å². The third-order valence-electron chi connectivity index (χ3n) is 5.60. The molecule has 28 heavy (non-hydrogen) atoms. The maximum atomic E-state index is 13.1. The van der Waals surface area contributed by atoms with Crippen LogP contribution in [-0.2, 0) is 9.59 Å². The molecule has 1 aromatic rings. The number of ether oxygens (including phenoxy) is 2. The molecule has 1 aliphatic carbocycles. The van der Waals surface area contributed by atoms with Crippen LogP contribution in [-0.4, -0.2) is 41.6 Å². The SMILES string of the molecule is C[C@@H]1CC(C)(C)C[C@]2(C1)NC(=O)N(CC(=O)Nc1cccc3c1OCO3)C2=O. The number of para-hydroxylation sites is 1. The molecule has 8 nitrogen and oxygen atoms in total. The Labute approximate surface area is 163 Å². The highest BCUT2D eigenvalue weighted by atomic mass is 16.7. The molecular formula is C20H25N3O5. The van der Waals surface area contributed by atoms with E-state index in [4.69, 9.17) is 9.47 Å². The number of fused-ring (bicyclic) bond motifs is 1. The van der Waals surface area contributed by atoms with Crippen molar-refractivity contribution in [1.29, 1.82) is 0 Å². The monoisotopic (exact) mass is 387 g/mol. The summed E-state index contributed by atoms with van der Waals surface area (Å²) in [6.07, 6.45) is 2.17. The van der Waals surface area contributed by atoms with Gasteiger partial charge >= 0.3 is 6.03 Å². The molecule has 1 spiro atoms. The van der Waals surface area contributed by atoms with E-state index in [-0.39, 0.29) is 24.7 Å². The Morgan fingerprint density at radius 2 is 2.07 bits per heavy atom. The van der Waals surface area contributed by atoms with Crippen molar-refractivity contribution in [2.45, 2.75) is 45.6 Å². The number of nitrogens with one attached hydrogen (secondary N) is 2. The third-order valence-corrected chi connectivity index (χ3v) is 5.60. The first-order valence-corrected chi connectivity index (χ1v) is 9.52. The minimum absolute atomic E-state index is 0.0548. The smallest absolute Gasteiger partial charge is 0.325 e. The van der Waals surface area contributed by atoms with Gasteiger partial charge in [0, 0.05) is 0 Å². The summed E-state index contributed by atoms with van der Waals surface area (Å²) < 4.78 is 10.7. The van der Waals surface area contributed by atoms with Crippen molar-refractivity contribution in [2.75, 3.05) is 18.7 Å². The second kappa shape index (κ2) is 6.39. The number of nitrogens with zero attached hydrogens (tertiary/aromatic N) is 1. The predicted octanol–water partition coefficient (Wildman–Crippen LogP) is 2.49. The first-order valence-electron chi connectivity index (χ1n) is 9.52. The molecule has 2 N–H and O–H groups in total. The number of imide groups is 1. The summed E-state index contributed by atoms with van der Waals surface area (Å²) >= 11 is 0. The number of urea groups is 1. The molecule has 0 unspecified atom stereocenters. The Hall–Kier alpha value is -2.77. The third kappa shape index (κ3) is 3.16. The minimum Gasteiger partial charge on any atom is -0.454 e. The van der Waals surface area contributed by atoms with Gasteiger partial charge in [0.1, 0.15) is 12.1 Å². The minimum atomic E-state index is -0.913. The first kappa shape index (κ1) is 18.6. The second-order valence-electron chi connectivity index (χ2n) is 8.85. The quantitative estimate of drug-likeness (QED) is 0.777. The molecule has 150 valence electrons. The molecule has 2 heterocycles. The number of hydrogen-bond donors (Lipinski definition) is 2. The Balaban J connectivity index is 1.48. The molecule has 1 saturated heterocycles. The van der Waals surface area contributed by atoms with Gasteiger partial charge in [0.25, 0.3) is 5.91 Å². The van der Waals surface area contributed by atoms with E-state index < -0.39 is 17.5 Å². The van der Waals surface area contributed by atoms with Gasteiger partial charge in [-0.05, 0) is 42.7 Å². The summed E-state index contributed by atoms with van der Waals surface area (Å²) in [5, 5.41) is 5.59. The Kier molecular flexibility index (Phi) is 4.24. The summed E-state index contributed by atoms with van der Waals surface area (Å²) in [6.45, 7) is 6.06. The van der Waals surface area contributed by atoms with Crippen LogP contribution in [0.3, 0.4) is 0 Å². The molecule has 0 bridgehead atoms. The standard InChI is InChI=1S/C20H25N3O5/c1-12-7-19(2,3)10-20(8-12)17(25)23(18(26)22-20)9-15(24)21-13-5-4-6-14-16(13)28-11-27-14/h4-6,12H,7-11H2,1-3H3,(H,21,24)(H,22,26)/t12-,20+/m1/s1. The van der Waals surface area contributed by atoms with Crippen molar-refractivity contribution in [3.05, 3.63) is 18.2 Å². The Bertz CT molecular complexity index is 852. The zero-order valence-corrected chi connectivity index (χ0v) is 16.3. The summed E-state index contributed by atoms with van der Waals surface area (Å²) in [4.78, 5) is 39.2. The first-order chi connectivity index (χ1) is 13.2. The number of rotatable bonds is 3. The van der Waals surface area contributed by atoms with Crippen LogP contribution in [0.15, 0.2) is 18.2 Å². The second-order valence-corrected chi connectivity index (χ2v) is 8.85. The number of anilines is 1. The van der Waals surface area contributed by atoms with Crippen molar-refractivity contribution < 1.29 is 23.9 Å². The van der Waals surface area contributed by atoms with Crippen LogP contribution in [0.5, 0.6) is 11.5 Å². The Morgan fingerprint density at radius 1 is 1.29 bits per heavy atom. The van der Waals surface area contributed by atoms with Crippen molar-refractivity contribution >= 4 is 23.5 Å². The number of carbonyl (C=O) groups excluding carboxylic acids is 3. The van der Waals surface area contributed by atoms with Crippen LogP contribution in [0.25, 0.3) is 0 Å². The van der Waals surface area contributed by atoms with Crippen LogP contribution in [0.2, 0.25) is 0 Å². The highest BCUT2D eigenvalue weighted by molar-refractivity contribution is 6.10.